The number of fused-ring (bicyclic) bond motifs is 1. The number of piperidine rings is 1. The smallest absolute Gasteiger partial charge is 0.112 e. The minimum absolute atomic E-state index is 0.881. The summed E-state index contributed by atoms with van der Waals surface area (Å²) < 4.78 is 3.08. The van der Waals surface area contributed by atoms with Gasteiger partial charge < -0.3 is 9.47 Å². The van der Waals surface area contributed by atoms with Crippen molar-refractivity contribution in [3.05, 3.63) is 64.9 Å². The summed E-state index contributed by atoms with van der Waals surface area (Å²) in [6, 6.07) is 19.4. The summed E-state index contributed by atoms with van der Waals surface area (Å²) in [6.07, 6.45) is 3.91. The third-order valence-corrected chi connectivity index (χ3v) is 5.23. The maximum Gasteiger partial charge on any atom is 0.112 e. The van der Waals surface area contributed by atoms with E-state index >= 15 is 0 Å². The van der Waals surface area contributed by atoms with Gasteiger partial charge in [0.2, 0.25) is 0 Å². The van der Waals surface area contributed by atoms with Gasteiger partial charge in [-0.3, -0.25) is 0 Å². The molecule has 0 amide bonds. The zero-order valence-corrected chi connectivity index (χ0v) is 14.9. The molecule has 2 nitrogen and oxygen atoms in total. The van der Waals surface area contributed by atoms with Crippen molar-refractivity contribution in [1.29, 1.82) is 0 Å². The number of anilines is 1. The molecule has 0 atom stereocenters. The van der Waals surface area contributed by atoms with E-state index in [0.29, 0.717) is 0 Å². The number of hydrogen-bond donors (Lipinski definition) is 0. The average molecular weight is 334 g/mol. The van der Waals surface area contributed by atoms with Gasteiger partial charge >= 0.3 is 0 Å². The average Bonchev–Trinajstić information content (AvgIpc) is 2.62. The molecule has 0 aliphatic carbocycles. The lowest BCUT2D eigenvalue weighted by atomic mass is 10.1. The van der Waals surface area contributed by atoms with E-state index in [-0.39, 0.29) is 0 Å². The van der Waals surface area contributed by atoms with Gasteiger partial charge in [0, 0.05) is 29.9 Å². The Kier molecular flexibility index (Phi) is 4.11. The zero-order valence-electron chi connectivity index (χ0n) is 14.0. The maximum absolute atomic E-state index is 5.78. The van der Waals surface area contributed by atoms with Crippen LogP contribution in [0.4, 0.5) is 5.69 Å². The molecule has 4 rings (SSSR count). The molecule has 3 aromatic rings. The number of hydrogen-bond acceptors (Lipinski definition) is 2. The van der Waals surface area contributed by atoms with Crippen molar-refractivity contribution in [3.63, 3.8) is 0 Å². The Morgan fingerprint density at radius 1 is 0.875 bits per heavy atom. The van der Waals surface area contributed by atoms with Gasteiger partial charge in [-0.2, -0.15) is 0 Å². The van der Waals surface area contributed by atoms with Crippen molar-refractivity contribution >= 4 is 28.7 Å². The van der Waals surface area contributed by atoms with Crippen molar-refractivity contribution in [2.45, 2.75) is 26.2 Å². The first kappa shape index (κ1) is 15.4. The summed E-state index contributed by atoms with van der Waals surface area (Å²) in [5, 5.41) is 2.49. The maximum atomic E-state index is 5.78. The van der Waals surface area contributed by atoms with Crippen LogP contribution in [0.5, 0.6) is 0 Å². The molecule has 2 heterocycles. The molecular formula is C21H22N2S. The first-order valence-electron chi connectivity index (χ1n) is 8.71. The second-order valence-corrected chi connectivity index (χ2v) is 6.99. The van der Waals surface area contributed by atoms with Gasteiger partial charge in [-0.15, -0.1) is 0 Å². The summed E-state index contributed by atoms with van der Waals surface area (Å²) in [6.45, 7) is 4.45. The second kappa shape index (κ2) is 6.40. The minimum atomic E-state index is 0.881. The monoisotopic (exact) mass is 334 g/mol. The van der Waals surface area contributed by atoms with Crippen LogP contribution in [0.15, 0.2) is 54.6 Å². The summed E-state index contributed by atoms with van der Waals surface area (Å²) in [7, 11) is 0. The highest BCUT2D eigenvalue weighted by molar-refractivity contribution is 7.71. The summed E-state index contributed by atoms with van der Waals surface area (Å²) in [5.74, 6) is 0. The lowest BCUT2D eigenvalue weighted by Gasteiger charge is -2.29. The topological polar surface area (TPSA) is 8.17 Å². The minimum Gasteiger partial charge on any atom is -0.371 e. The molecule has 0 bridgehead atoms. The predicted octanol–water partition coefficient (Wildman–Crippen LogP) is 5.66. The van der Waals surface area contributed by atoms with Crippen LogP contribution in [-0.4, -0.2) is 17.7 Å². The molecular weight excluding hydrogens is 312 g/mol. The number of benzene rings is 2. The van der Waals surface area contributed by atoms with Crippen LogP contribution < -0.4 is 4.90 Å². The summed E-state index contributed by atoms with van der Waals surface area (Å²) in [5.41, 5.74) is 3.63. The predicted molar refractivity (Wildman–Crippen MR) is 105 cm³/mol. The molecule has 2 aromatic carbocycles. The lowest BCUT2D eigenvalue weighted by molar-refractivity contribution is 0.577. The highest BCUT2D eigenvalue weighted by Crippen LogP contribution is 2.27. The molecule has 122 valence electrons. The van der Waals surface area contributed by atoms with Gasteiger partial charge in [0.05, 0.1) is 5.69 Å². The van der Waals surface area contributed by atoms with Crippen molar-refractivity contribution in [1.82, 2.24) is 4.57 Å². The molecule has 24 heavy (non-hydrogen) atoms. The van der Waals surface area contributed by atoms with Crippen molar-refractivity contribution in [2.24, 2.45) is 0 Å². The standard InChI is InChI=1S/C21H22N2S/c1-16-14-18(22-12-5-2-6-13-22)15-21(24)23(16)20-11-7-9-17-8-3-4-10-19(17)20/h3-4,7-11,14-15H,2,5-6,12-13H2,1H3. The Hall–Kier alpha value is -2.13. The number of aromatic nitrogens is 1. The fourth-order valence-corrected chi connectivity index (χ4v) is 4.09. The van der Waals surface area contributed by atoms with Crippen molar-refractivity contribution < 1.29 is 0 Å². The molecule has 0 N–H and O–H groups in total. The van der Waals surface area contributed by atoms with Crippen molar-refractivity contribution in [2.75, 3.05) is 18.0 Å². The number of aryl methyl sites for hydroxylation is 1. The SMILES string of the molecule is Cc1cc(N2CCCCC2)cc(=S)n1-c1cccc2ccccc12. The zero-order chi connectivity index (χ0) is 16.5. The Bertz CT molecular complexity index is 931. The highest BCUT2D eigenvalue weighted by atomic mass is 32.1. The van der Waals surface area contributed by atoms with Crippen molar-refractivity contribution in [3.8, 4) is 5.69 Å². The molecule has 0 radical (unpaired) electrons. The molecule has 0 unspecified atom stereocenters. The second-order valence-electron chi connectivity index (χ2n) is 6.57. The molecule has 0 saturated carbocycles. The van der Waals surface area contributed by atoms with E-state index < -0.39 is 0 Å². The molecule has 1 saturated heterocycles. The van der Waals surface area contributed by atoms with E-state index in [2.05, 4.69) is 71.0 Å². The molecule has 1 fully saturated rings. The van der Waals surface area contributed by atoms with Gasteiger partial charge in [0.25, 0.3) is 0 Å². The van der Waals surface area contributed by atoms with E-state index in [1.807, 2.05) is 0 Å². The van der Waals surface area contributed by atoms with Gasteiger partial charge in [-0.1, -0.05) is 48.6 Å². The molecule has 1 aliphatic heterocycles. The Morgan fingerprint density at radius 2 is 1.62 bits per heavy atom. The van der Waals surface area contributed by atoms with Gasteiger partial charge in [-0.05, 0) is 49.8 Å². The van der Waals surface area contributed by atoms with Gasteiger partial charge in [-0.25, -0.2) is 0 Å². The van der Waals surface area contributed by atoms with Crippen LogP contribution in [0.2, 0.25) is 0 Å². The fourth-order valence-electron chi connectivity index (χ4n) is 3.73. The quantitative estimate of drug-likeness (QED) is 0.559. The van der Waals surface area contributed by atoms with E-state index in [1.54, 1.807) is 0 Å². The van der Waals surface area contributed by atoms with Crippen LogP contribution in [0, 0.1) is 11.6 Å². The number of rotatable bonds is 2. The third-order valence-electron chi connectivity index (χ3n) is 4.93. The van der Waals surface area contributed by atoms with Crippen LogP contribution in [0.25, 0.3) is 16.5 Å². The summed E-state index contributed by atoms with van der Waals surface area (Å²) in [4.78, 5) is 2.47. The Labute approximate surface area is 148 Å². The van der Waals surface area contributed by atoms with Gasteiger partial charge in [0.1, 0.15) is 4.64 Å². The first-order valence-corrected chi connectivity index (χ1v) is 9.12. The number of pyridine rings is 1. The summed E-state index contributed by atoms with van der Waals surface area (Å²) >= 11 is 5.78. The fraction of sp³-hybridized carbons (Fsp3) is 0.286. The Morgan fingerprint density at radius 3 is 2.42 bits per heavy atom. The highest BCUT2D eigenvalue weighted by Gasteiger charge is 2.13. The first-order chi connectivity index (χ1) is 11.7. The largest absolute Gasteiger partial charge is 0.371 e. The lowest BCUT2D eigenvalue weighted by Crippen LogP contribution is -2.29. The normalized spacial score (nSPS) is 15.0. The number of nitrogens with zero attached hydrogens (tertiary/aromatic N) is 2. The molecule has 0 spiro atoms. The van der Waals surface area contributed by atoms with Gasteiger partial charge in [0.15, 0.2) is 0 Å². The molecule has 1 aliphatic rings. The third kappa shape index (κ3) is 2.73. The van der Waals surface area contributed by atoms with E-state index in [0.717, 1.165) is 17.7 Å². The molecule has 1 aromatic heterocycles. The van der Waals surface area contributed by atoms with E-state index in [4.69, 9.17) is 12.2 Å². The Balaban J connectivity index is 1.85. The molecule has 3 heteroatoms. The van der Waals surface area contributed by atoms with E-state index in [1.165, 1.54) is 47.1 Å². The van der Waals surface area contributed by atoms with Crippen LogP contribution in [0.3, 0.4) is 0 Å². The van der Waals surface area contributed by atoms with Crippen LogP contribution in [-0.2, 0) is 0 Å². The van der Waals surface area contributed by atoms with E-state index in [9.17, 15) is 0 Å². The van der Waals surface area contributed by atoms with Crippen LogP contribution >= 0.6 is 12.2 Å². The van der Waals surface area contributed by atoms with Crippen LogP contribution in [0.1, 0.15) is 25.0 Å².